The zero-order chi connectivity index (χ0) is 26.5. The highest BCUT2D eigenvalue weighted by Crippen LogP contribution is 2.40. The normalized spacial score (nSPS) is 25.6. The SMILES string of the molecule is C=C(C)/C(=C\[C@H]1C/C(C)=C\CC[C@@H](O[Si](C)(C)C(C)(C)C)[C@@H](CO[Si](C)(C)C(C)(C)C)O1)OC. The maximum absolute atomic E-state index is 7.01. The fraction of sp³-hybridized carbons (Fsp3) is 0.786. The first-order chi connectivity index (χ1) is 15.3. The Morgan fingerprint density at radius 3 is 2.12 bits per heavy atom. The summed E-state index contributed by atoms with van der Waals surface area (Å²) < 4.78 is 26.2. The van der Waals surface area contributed by atoms with Crippen molar-refractivity contribution >= 4 is 16.6 Å². The summed E-state index contributed by atoms with van der Waals surface area (Å²) in [6.07, 6.45) is 6.88. The lowest BCUT2D eigenvalue weighted by atomic mass is 10.1. The third kappa shape index (κ3) is 9.09. The monoisotopic (exact) mass is 510 g/mol. The van der Waals surface area contributed by atoms with Crippen LogP contribution < -0.4 is 0 Å². The third-order valence-corrected chi connectivity index (χ3v) is 16.9. The second-order valence-electron chi connectivity index (χ2n) is 13.0. The molecule has 0 aliphatic carbocycles. The molecule has 1 aliphatic rings. The molecule has 0 aromatic heterocycles. The summed E-state index contributed by atoms with van der Waals surface area (Å²) >= 11 is 0. The second kappa shape index (κ2) is 12.0. The second-order valence-corrected chi connectivity index (χ2v) is 22.6. The van der Waals surface area contributed by atoms with E-state index in [0.717, 1.165) is 30.6 Å². The molecule has 0 N–H and O–H groups in total. The van der Waals surface area contributed by atoms with Crippen molar-refractivity contribution in [2.24, 2.45) is 0 Å². The average Bonchev–Trinajstić information content (AvgIpc) is 2.72. The van der Waals surface area contributed by atoms with Crippen molar-refractivity contribution in [2.75, 3.05) is 13.7 Å². The van der Waals surface area contributed by atoms with Gasteiger partial charge in [0.1, 0.15) is 11.9 Å². The van der Waals surface area contributed by atoms with Gasteiger partial charge in [-0.2, -0.15) is 0 Å². The molecule has 34 heavy (non-hydrogen) atoms. The van der Waals surface area contributed by atoms with Crippen LogP contribution in [0.15, 0.2) is 35.6 Å². The van der Waals surface area contributed by atoms with Crippen molar-refractivity contribution < 1.29 is 18.3 Å². The zero-order valence-electron chi connectivity index (χ0n) is 24.6. The molecule has 3 atom stereocenters. The summed E-state index contributed by atoms with van der Waals surface area (Å²) in [5, 5.41) is 0.270. The van der Waals surface area contributed by atoms with Crippen LogP contribution in [0.5, 0.6) is 0 Å². The zero-order valence-corrected chi connectivity index (χ0v) is 26.6. The Balaban J connectivity index is 3.40. The van der Waals surface area contributed by atoms with Crippen LogP contribution in [0.25, 0.3) is 0 Å². The molecule has 0 amide bonds. The van der Waals surface area contributed by atoms with Crippen molar-refractivity contribution in [2.45, 2.75) is 129 Å². The molecule has 0 aromatic rings. The number of ether oxygens (including phenoxy) is 2. The van der Waals surface area contributed by atoms with Crippen LogP contribution in [0.2, 0.25) is 36.3 Å². The summed E-state index contributed by atoms with van der Waals surface area (Å²) in [7, 11) is -2.24. The molecule has 0 spiro atoms. The Hall–Kier alpha value is -0.666. The van der Waals surface area contributed by atoms with E-state index in [4.69, 9.17) is 18.3 Å². The number of allylic oxidation sites excluding steroid dienone is 2. The van der Waals surface area contributed by atoms with Gasteiger partial charge in [0.2, 0.25) is 0 Å². The summed E-state index contributed by atoms with van der Waals surface area (Å²) in [4.78, 5) is 0. The van der Waals surface area contributed by atoms with Gasteiger partial charge in [-0.05, 0) is 81.0 Å². The van der Waals surface area contributed by atoms with E-state index >= 15 is 0 Å². The van der Waals surface area contributed by atoms with Crippen LogP contribution in [0.3, 0.4) is 0 Å². The van der Waals surface area contributed by atoms with Crippen molar-refractivity contribution in [1.82, 2.24) is 0 Å². The minimum Gasteiger partial charge on any atom is -0.497 e. The van der Waals surface area contributed by atoms with Crippen LogP contribution in [-0.2, 0) is 18.3 Å². The van der Waals surface area contributed by atoms with E-state index in [1.807, 2.05) is 6.92 Å². The van der Waals surface area contributed by atoms with Gasteiger partial charge in [0.15, 0.2) is 16.6 Å². The molecule has 0 radical (unpaired) electrons. The molecule has 4 nitrogen and oxygen atoms in total. The molecule has 0 saturated carbocycles. The molecular formula is C28H54O4Si2. The van der Waals surface area contributed by atoms with Gasteiger partial charge >= 0.3 is 0 Å². The fourth-order valence-electron chi connectivity index (χ4n) is 3.44. The molecule has 0 saturated heterocycles. The minimum atomic E-state index is -2.00. The highest BCUT2D eigenvalue weighted by Gasteiger charge is 2.43. The summed E-state index contributed by atoms with van der Waals surface area (Å²) in [6, 6.07) is 0. The maximum Gasteiger partial charge on any atom is 0.192 e. The molecule has 6 heteroatoms. The largest absolute Gasteiger partial charge is 0.497 e. The number of hydrogen-bond acceptors (Lipinski definition) is 4. The molecule has 0 unspecified atom stereocenters. The van der Waals surface area contributed by atoms with E-state index in [1.165, 1.54) is 5.57 Å². The average molecular weight is 511 g/mol. The van der Waals surface area contributed by atoms with Crippen LogP contribution >= 0.6 is 0 Å². The number of hydrogen-bond donors (Lipinski definition) is 0. The quantitative estimate of drug-likeness (QED) is 0.142. The molecule has 198 valence electrons. The lowest BCUT2D eigenvalue weighted by Gasteiger charge is -2.43. The van der Waals surface area contributed by atoms with Crippen LogP contribution in [0.1, 0.15) is 74.7 Å². The molecule has 0 fully saturated rings. The topological polar surface area (TPSA) is 36.9 Å². The summed E-state index contributed by atoms with van der Waals surface area (Å²) in [5.41, 5.74) is 2.23. The molecule has 0 bridgehead atoms. The molecule has 1 rings (SSSR count). The first kappa shape index (κ1) is 31.4. The molecular weight excluding hydrogens is 456 g/mol. The van der Waals surface area contributed by atoms with Crippen molar-refractivity contribution in [3.05, 3.63) is 35.6 Å². The van der Waals surface area contributed by atoms with E-state index in [0.29, 0.717) is 6.61 Å². The van der Waals surface area contributed by atoms with Gasteiger partial charge in [-0.25, -0.2) is 0 Å². The number of methoxy groups -OCH3 is 1. The molecule has 1 heterocycles. The van der Waals surface area contributed by atoms with Gasteiger partial charge in [0.25, 0.3) is 0 Å². The third-order valence-electron chi connectivity index (χ3n) is 7.88. The van der Waals surface area contributed by atoms with E-state index in [1.54, 1.807) is 7.11 Å². The van der Waals surface area contributed by atoms with Crippen molar-refractivity contribution in [3.8, 4) is 0 Å². The van der Waals surface area contributed by atoms with Gasteiger partial charge in [-0.15, -0.1) is 0 Å². The van der Waals surface area contributed by atoms with Gasteiger partial charge < -0.3 is 18.3 Å². The molecule has 0 aromatic carbocycles. The highest BCUT2D eigenvalue weighted by molar-refractivity contribution is 6.74. The van der Waals surface area contributed by atoms with Crippen LogP contribution in [0.4, 0.5) is 0 Å². The Morgan fingerprint density at radius 2 is 1.65 bits per heavy atom. The maximum atomic E-state index is 7.01. The van der Waals surface area contributed by atoms with Gasteiger partial charge in [0, 0.05) is 0 Å². The van der Waals surface area contributed by atoms with Crippen molar-refractivity contribution in [3.63, 3.8) is 0 Å². The van der Waals surface area contributed by atoms with Gasteiger partial charge in [-0.1, -0.05) is 59.8 Å². The smallest absolute Gasteiger partial charge is 0.192 e. The first-order valence-electron chi connectivity index (χ1n) is 12.9. The summed E-state index contributed by atoms with van der Waals surface area (Å²) in [5.74, 6) is 0.781. The van der Waals surface area contributed by atoms with Crippen molar-refractivity contribution in [1.29, 1.82) is 0 Å². The Bertz CT molecular complexity index is 738. The Labute approximate surface area is 213 Å². The Morgan fingerprint density at radius 1 is 1.09 bits per heavy atom. The molecule has 1 aliphatic heterocycles. The number of rotatable bonds is 8. The van der Waals surface area contributed by atoms with E-state index in [-0.39, 0.29) is 28.4 Å². The van der Waals surface area contributed by atoms with E-state index in [2.05, 4.69) is 93.4 Å². The Kier molecular flexibility index (Phi) is 11.1. The predicted octanol–water partition coefficient (Wildman–Crippen LogP) is 8.39. The lowest BCUT2D eigenvalue weighted by molar-refractivity contribution is -0.0779. The van der Waals surface area contributed by atoms with E-state index in [9.17, 15) is 0 Å². The van der Waals surface area contributed by atoms with Gasteiger partial charge in [0.05, 0.1) is 25.9 Å². The standard InChI is InChI=1S/C28H54O4Si2/c1-21(2)25(29-10)19-23-18-22(3)16-15-17-24(32-34(13,14)28(7,8)9)26(31-23)20-30-33(11,12)27(4,5)6/h16,19,23-24,26H,1,15,17-18,20H2,2-14H3/b22-16-,25-19+/t23-,24-,26-/m1/s1. The van der Waals surface area contributed by atoms with Gasteiger partial charge in [-0.3, -0.25) is 0 Å². The summed E-state index contributed by atoms with van der Waals surface area (Å²) in [6.45, 7) is 31.8. The highest BCUT2D eigenvalue weighted by atomic mass is 28.4. The van der Waals surface area contributed by atoms with Crippen LogP contribution in [-0.4, -0.2) is 48.7 Å². The minimum absolute atomic E-state index is 0.0143. The first-order valence-corrected chi connectivity index (χ1v) is 18.7. The fourth-order valence-corrected chi connectivity index (χ4v) is 5.83. The van der Waals surface area contributed by atoms with E-state index < -0.39 is 16.6 Å². The lowest BCUT2D eigenvalue weighted by Crippen LogP contribution is -2.51. The predicted molar refractivity (Wildman–Crippen MR) is 151 cm³/mol. The van der Waals surface area contributed by atoms with Crippen LogP contribution in [0, 0.1) is 0 Å².